The molecule has 1 saturated carbocycles. The molecular weight excluding hydrogens is 282 g/mol. The van der Waals surface area contributed by atoms with Gasteiger partial charge in [-0.2, -0.15) is 0 Å². The minimum atomic E-state index is -0.590. The number of hydrogen-bond donors (Lipinski definition) is 2. The van der Waals surface area contributed by atoms with Gasteiger partial charge in [0.25, 0.3) is 0 Å². The van der Waals surface area contributed by atoms with E-state index < -0.39 is 5.41 Å². The molecule has 1 aliphatic carbocycles. The predicted octanol–water partition coefficient (Wildman–Crippen LogP) is 2.22. The number of carbonyl (C=O) groups excluding carboxylic acids is 1. The summed E-state index contributed by atoms with van der Waals surface area (Å²) in [6.07, 6.45) is 10.0. The maximum absolute atomic E-state index is 12.7. The molecule has 0 aromatic carbocycles. The zero-order valence-corrected chi connectivity index (χ0v) is 13.8. The monoisotopic (exact) mass is 311 g/mol. The number of hydrogen-bond acceptors (Lipinski definition) is 3. The van der Waals surface area contributed by atoms with E-state index in [0.29, 0.717) is 11.5 Å². The second-order valence-electron chi connectivity index (χ2n) is 6.52. The van der Waals surface area contributed by atoms with Crippen molar-refractivity contribution in [2.24, 2.45) is 11.1 Å². The largest absolute Gasteiger partial charge is 0.392 e. The van der Waals surface area contributed by atoms with Crippen LogP contribution in [0.25, 0.3) is 0 Å². The number of likely N-dealkylation sites (tertiary alicyclic amines) is 1. The summed E-state index contributed by atoms with van der Waals surface area (Å²) in [4.78, 5) is 15.5. The Morgan fingerprint density at radius 1 is 1.05 bits per heavy atom. The molecule has 1 amide bonds. The Morgan fingerprint density at radius 3 is 2.19 bits per heavy atom. The van der Waals surface area contributed by atoms with Crippen LogP contribution in [0.5, 0.6) is 0 Å². The average molecular weight is 311 g/mol. The summed E-state index contributed by atoms with van der Waals surface area (Å²) in [7, 11) is 0. The van der Waals surface area contributed by atoms with Gasteiger partial charge in [0.1, 0.15) is 0 Å². The lowest BCUT2D eigenvalue weighted by Crippen LogP contribution is -2.50. The smallest absolute Gasteiger partial charge is 0.233 e. The van der Waals surface area contributed by atoms with Crippen molar-refractivity contribution in [3.05, 3.63) is 0 Å². The van der Waals surface area contributed by atoms with E-state index in [2.05, 4.69) is 10.2 Å². The molecule has 2 aliphatic rings. The van der Waals surface area contributed by atoms with Crippen molar-refractivity contribution < 1.29 is 4.79 Å². The summed E-state index contributed by atoms with van der Waals surface area (Å²) >= 11 is 5.25. The number of rotatable bonds is 5. The molecule has 1 aliphatic heterocycles. The fourth-order valence-corrected chi connectivity index (χ4v) is 3.89. The minimum absolute atomic E-state index is 0.0638. The van der Waals surface area contributed by atoms with Crippen LogP contribution in [0, 0.1) is 5.41 Å². The Labute approximate surface area is 133 Å². The van der Waals surface area contributed by atoms with Crippen LogP contribution in [-0.2, 0) is 4.79 Å². The number of nitrogens with one attached hydrogen (secondary N) is 1. The molecule has 120 valence electrons. The molecule has 2 fully saturated rings. The highest BCUT2D eigenvalue weighted by molar-refractivity contribution is 7.80. The highest BCUT2D eigenvalue weighted by Crippen LogP contribution is 2.35. The van der Waals surface area contributed by atoms with Crippen molar-refractivity contribution in [1.82, 2.24) is 10.2 Å². The van der Waals surface area contributed by atoms with E-state index in [9.17, 15) is 4.79 Å². The van der Waals surface area contributed by atoms with Crippen LogP contribution in [0.4, 0.5) is 0 Å². The maximum Gasteiger partial charge on any atom is 0.233 e. The van der Waals surface area contributed by atoms with Gasteiger partial charge in [-0.3, -0.25) is 4.79 Å². The van der Waals surface area contributed by atoms with Gasteiger partial charge in [-0.1, -0.05) is 44.3 Å². The van der Waals surface area contributed by atoms with Crippen LogP contribution < -0.4 is 11.1 Å². The van der Waals surface area contributed by atoms with E-state index in [1.807, 2.05) is 0 Å². The molecule has 0 aromatic rings. The van der Waals surface area contributed by atoms with Crippen LogP contribution in [0.1, 0.15) is 57.8 Å². The topological polar surface area (TPSA) is 58.4 Å². The Kier molecular flexibility index (Phi) is 6.42. The van der Waals surface area contributed by atoms with Crippen molar-refractivity contribution in [3.63, 3.8) is 0 Å². The fourth-order valence-electron chi connectivity index (χ4n) is 3.60. The normalized spacial score (nSPS) is 23.2. The molecule has 0 aromatic heterocycles. The van der Waals surface area contributed by atoms with Crippen molar-refractivity contribution in [2.45, 2.75) is 57.8 Å². The lowest BCUT2D eigenvalue weighted by molar-refractivity contribution is -0.128. The van der Waals surface area contributed by atoms with Gasteiger partial charge in [0.2, 0.25) is 5.91 Å². The number of piperidine rings is 1. The third-order valence-electron chi connectivity index (χ3n) is 5.03. The first kappa shape index (κ1) is 16.7. The quantitative estimate of drug-likeness (QED) is 0.604. The molecule has 0 spiro atoms. The molecular formula is C16H29N3OS. The maximum atomic E-state index is 12.7. The minimum Gasteiger partial charge on any atom is -0.392 e. The van der Waals surface area contributed by atoms with Crippen molar-refractivity contribution in [1.29, 1.82) is 0 Å². The molecule has 1 heterocycles. The molecule has 0 atom stereocenters. The molecule has 21 heavy (non-hydrogen) atoms. The van der Waals surface area contributed by atoms with E-state index >= 15 is 0 Å². The highest BCUT2D eigenvalue weighted by atomic mass is 32.1. The van der Waals surface area contributed by atoms with E-state index in [1.54, 1.807) is 0 Å². The van der Waals surface area contributed by atoms with Crippen molar-refractivity contribution in [3.8, 4) is 0 Å². The Hall–Kier alpha value is -0.680. The van der Waals surface area contributed by atoms with Crippen LogP contribution in [0.2, 0.25) is 0 Å². The number of nitrogens with zero attached hydrogens (tertiary/aromatic N) is 1. The van der Waals surface area contributed by atoms with E-state index in [4.69, 9.17) is 18.0 Å². The third-order valence-corrected chi connectivity index (χ3v) is 5.42. The molecule has 4 nitrogen and oxygen atoms in total. The van der Waals surface area contributed by atoms with E-state index in [-0.39, 0.29) is 5.91 Å². The van der Waals surface area contributed by atoms with Crippen LogP contribution in [0.15, 0.2) is 0 Å². The van der Waals surface area contributed by atoms with Crippen molar-refractivity contribution in [2.75, 3.05) is 26.2 Å². The van der Waals surface area contributed by atoms with Gasteiger partial charge in [0.05, 0.1) is 10.4 Å². The summed E-state index contributed by atoms with van der Waals surface area (Å²) in [5.74, 6) is 0.0638. The van der Waals surface area contributed by atoms with Gasteiger partial charge < -0.3 is 16.0 Å². The van der Waals surface area contributed by atoms with Gasteiger partial charge in [0, 0.05) is 13.1 Å². The lowest BCUT2D eigenvalue weighted by Gasteiger charge is -2.31. The van der Waals surface area contributed by atoms with Gasteiger partial charge in [-0.15, -0.1) is 0 Å². The zero-order valence-electron chi connectivity index (χ0n) is 13.0. The van der Waals surface area contributed by atoms with Gasteiger partial charge >= 0.3 is 0 Å². The van der Waals surface area contributed by atoms with E-state index in [1.165, 1.54) is 32.1 Å². The van der Waals surface area contributed by atoms with Crippen LogP contribution in [-0.4, -0.2) is 42.0 Å². The molecule has 0 unspecified atom stereocenters. The van der Waals surface area contributed by atoms with Crippen molar-refractivity contribution >= 4 is 23.1 Å². The molecule has 5 heteroatoms. The van der Waals surface area contributed by atoms with Gasteiger partial charge in [-0.25, -0.2) is 0 Å². The predicted molar refractivity (Wildman–Crippen MR) is 90.2 cm³/mol. The number of thiocarbonyl (C=S) groups is 1. The lowest BCUT2D eigenvalue weighted by atomic mass is 9.79. The van der Waals surface area contributed by atoms with Crippen LogP contribution in [0.3, 0.4) is 0 Å². The van der Waals surface area contributed by atoms with Gasteiger partial charge in [-0.05, 0) is 38.8 Å². The Morgan fingerprint density at radius 2 is 1.62 bits per heavy atom. The second kappa shape index (κ2) is 8.08. The molecule has 2 rings (SSSR count). The second-order valence-corrected chi connectivity index (χ2v) is 6.96. The zero-order chi connectivity index (χ0) is 15.1. The summed E-state index contributed by atoms with van der Waals surface area (Å²) in [5.41, 5.74) is 5.36. The SMILES string of the molecule is NC(=S)C1(C(=O)NCCN2CCCCC2)CCCCCC1. The summed E-state index contributed by atoms with van der Waals surface area (Å²) in [5, 5.41) is 3.10. The summed E-state index contributed by atoms with van der Waals surface area (Å²) in [6.45, 7) is 3.98. The number of nitrogens with two attached hydrogens (primary N) is 1. The molecule has 0 bridgehead atoms. The number of amides is 1. The highest BCUT2D eigenvalue weighted by Gasteiger charge is 2.41. The first-order valence-corrected chi connectivity index (χ1v) is 8.86. The average Bonchev–Trinajstić information content (AvgIpc) is 2.75. The molecule has 3 N–H and O–H groups in total. The van der Waals surface area contributed by atoms with Crippen LogP contribution >= 0.6 is 12.2 Å². The Balaban J connectivity index is 1.84. The first-order valence-electron chi connectivity index (χ1n) is 8.46. The third kappa shape index (κ3) is 4.39. The number of carbonyl (C=O) groups is 1. The summed E-state index contributed by atoms with van der Waals surface area (Å²) < 4.78 is 0. The van der Waals surface area contributed by atoms with Gasteiger partial charge in [0.15, 0.2) is 0 Å². The Bertz CT molecular complexity index is 359. The first-order chi connectivity index (χ1) is 10.1. The molecule has 1 saturated heterocycles. The molecule has 0 radical (unpaired) electrons. The fraction of sp³-hybridized carbons (Fsp3) is 0.875. The van der Waals surface area contributed by atoms with E-state index in [0.717, 1.165) is 45.3 Å². The standard InChI is InChI=1S/C16H29N3OS/c17-14(21)16(8-4-1-2-5-9-16)15(20)18-10-13-19-11-6-3-7-12-19/h1-13H2,(H2,17,21)(H,18,20). The summed E-state index contributed by atoms with van der Waals surface area (Å²) in [6, 6.07) is 0.